The van der Waals surface area contributed by atoms with Crippen LogP contribution in [0.25, 0.3) is 11.1 Å². The van der Waals surface area contributed by atoms with E-state index in [1.807, 2.05) is 25.1 Å². The Kier molecular flexibility index (Phi) is 3.18. The molecule has 0 unspecified atom stereocenters. The Morgan fingerprint density at radius 1 is 1.25 bits per heavy atom. The number of aromatic carboxylic acids is 1. The minimum Gasteiger partial charge on any atom is -0.493 e. The number of hydrogen-bond acceptors (Lipinski definition) is 2. The largest absolute Gasteiger partial charge is 0.493 e. The highest BCUT2D eigenvalue weighted by atomic mass is 16.5. The van der Waals surface area contributed by atoms with E-state index in [-0.39, 0.29) is 0 Å². The highest BCUT2D eigenvalue weighted by Crippen LogP contribution is 2.36. The van der Waals surface area contributed by atoms with Crippen LogP contribution in [0.4, 0.5) is 0 Å². The summed E-state index contributed by atoms with van der Waals surface area (Å²) in [5, 5.41) is 9.19. The SMILES string of the molecule is Cc1cc(C(=O)O)cc(-c2cccc3c2OCCC3)c1. The maximum Gasteiger partial charge on any atom is 0.335 e. The fourth-order valence-corrected chi connectivity index (χ4v) is 2.68. The van der Waals surface area contributed by atoms with E-state index in [9.17, 15) is 9.90 Å². The van der Waals surface area contributed by atoms with Crippen LogP contribution in [0.5, 0.6) is 5.75 Å². The zero-order valence-electron chi connectivity index (χ0n) is 11.3. The van der Waals surface area contributed by atoms with Crippen molar-refractivity contribution in [2.75, 3.05) is 6.61 Å². The fraction of sp³-hybridized carbons (Fsp3) is 0.235. The van der Waals surface area contributed by atoms with Crippen molar-refractivity contribution in [1.29, 1.82) is 0 Å². The van der Waals surface area contributed by atoms with Gasteiger partial charge in [-0.1, -0.05) is 24.3 Å². The predicted octanol–water partition coefficient (Wildman–Crippen LogP) is 3.69. The number of carboxylic acid groups (broad SMARTS) is 1. The average Bonchev–Trinajstić information content (AvgIpc) is 2.46. The van der Waals surface area contributed by atoms with Crippen molar-refractivity contribution in [2.45, 2.75) is 19.8 Å². The molecule has 1 heterocycles. The second-order valence-electron chi connectivity index (χ2n) is 5.14. The zero-order valence-corrected chi connectivity index (χ0v) is 11.3. The predicted molar refractivity (Wildman–Crippen MR) is 77.4 cm³/mol. The van der Waals surface area contributed by atoms with E-state index in [2.05, 4.69) is 6.07 Å². The number of rotatable bonds is 2. The van der Waals surface area contributed by atoms with Crippen LogP contribution in [-0.2, 0) is 6.42 Å². The van der Waals surface area contributed by atoms with Crippen LogP contribution in [-0.4, -0.2) is 17.7 Å². The lowest BCUT2D eigenvalue weighted by molar-refractivity contribution is 0.0697. The minimum absolute atomic E-state index is 0.313. The van der Waals surface area contributed by atoms with Crippen molar-refractivity contribution in [3.05, 3.63) is 53.1 Å². The monoisotopic (exact) mass is 268 g/mol. The van der Waals surface area contributed by atoms with Crippen LogP contribution in [0.3, 0.4) is 0 Å². The molecule has 3 rings (SSSR count). The summed E-state index contributed by atoms with van der Waals surface area (Å²) in [6.45, 7) is 2.63. The Balaban J connectivity index is 2.16. The summed E-state index contributed by atoms with van der Waals surface area (Å²) in [4.78, 5) is 11.2. The summed E-state index contributed by atoms with van der Waals surface area (Å²) in [5.74, 6) is 0.00126. The van der Waals surface area contributed by atoms with Crippen LogP contribution in [0.15, 0.2) is 36.4 Å². The molecular formula is C17H16O3. The van der Waals surface area contributed by atoms with Gasteiger partial charge in [0.1, 0.15) is 5.75 Å². The molecular weight excluding hydrogens is 252 g/mol. The molecule has 0 saturated carbocycles. The van der Waals surface area contributed by atoms with Gasteiger partial charge in [0.25, 0.3) is 0 Å². The summed E-state index contributed by atoms with van der Waals surface area (Å²) >= 11 is 0. The Hall–Kier alpha value is -2.29. The molecule has 0 radical (unpaired) electrons. The molecule has 0 spiro atoms. The molecule has 3 nitrogen and oxygen atoms in total. The maximum atomic E-state index is 11.2. The van der Waals surface area contributed by atoms with Gasteiger partial charge in [0.05, 0.1) is 12.2 Å². The third-order valence-electron chi connectivity index (χ3n) is 3.57. The zero-order chi connectivity index (χ0) is 14.1. The third-order valence-corrected chi connectivity index (χ3v) is 3.57. The van der Waals surface area contributed by atoms with Crippen LogP contribution >= 0.6 is 0 Å². The van der Waals surface area contributed by atoms with Gasteiger partial charge in [0, 0.05) is 5.56 Å². The second-order valence-corrected chi connectivity index (χ2v) is 5.14. The second kappa shape index (κ2) is 5.00. The number of aryl methyl sites for hydroxylation is 2. The summed E-state index contributed by atoms with van der Waals surface area (Å²) in [6, 6.07) is 11.5. The molecule has 0 aliphatic carbocycles. The molecule has 0 amide bonds. The average molecular weight is 268 g/mol. The summed E-state index contributed by atoms with van der Waals surface area (Å²) in [5.41, 5.74) is 4.34. The molecule has 0 atom stereocenters. The van der Waals surface area contributed by atoms with Gasteiger partial charge < -0.3 is 9.84 Å². The standard InChI is InChI=1S/C17H16O3/c1-11-8-13(10-14(9-11)17(18)19)15-6-2-4-12-5-3-7-20-16(12)15/h2,4,6,8-10H,3,5,7H2,1H3,(H,18,19). The van der Waals surface area contributed by atoms with Gasteiger partial charge in [0.15, 0.2) is 0 Å². The van der Waals surface area contributed by atoms with E-state index in [1.165, 1.54) is 5.56 Å². The molecule has 0 saturated heterocycles. The van der Waals surface area contributed by atoms with Gasteiger partial charge in [-0.25, -0.2) is 4.79 Å². The molecule has 2 aromatic rings. The first-order valence-corrected chi connectivity index (χ1v) is 6.75. The van der Waals surface area contributed by atoms with Crippen LogP contribution in [0, 0.1) is 6.92 Å². The summed E-state index contributed by atoms with van der Waals surface area (Å²) in [6.07, 6.45) is 2.05. The number of hydrogen-bond donors (Lipinski definition) is 1. The van der Waals surface area contributed by atoms with E-state index in [0.29, 0.717) is 5.56 Å². The van der Waals surface area contributed by atoms with Crippen molar-refractivity contribution < 1.29 is 14.6 Å². The first-order chi connectivity index (χ1) is 9.65. The lowest BCUT2D eigenvalue weighted by Crippen LogP contribution is -2.09. The Morgan fingerprint density at radius 2 is 2.10 bits per heavy atom. The number of fused-ring (bicyclic) bond motifs is 1. The highest BCUT2D eigenvalue weighted by molar-refractivity contribution is 5.90. The molecule has 1 N–H and O–H groups in total. The van der Waals surface area contributed by atoms with Crippen molar-refractivity contribution in [2.24, 2.45) is 0 Å². The van der Waals surface area contributed by atoms with Crippen LogP contribution in [0.1, 0.15) is 27.9 Å². The van der Waals surface area contributed by atoms with E-state index < -0.39 is 5.97 Å². The Bertz CT molecular complexity index is 674. The topological polar surface area (TPSA) is 46.5 Å². The molecule has 1 aliphatic rings. The van der Waals surface area contributed by atoms with Crippen LogP contribution < -0.4 is 4.74 Å². The normalized spacial score (nSPS) is 13.4. The molecule has 0 aromatic heterocycles. The van der Waals surface area contributed by atoms with Crippen molar-refractivity contribution >= 4 is 5.97 Å². The van der Waals surface area contributed by atoms with E-state index >= 15 is 0 Å². The molecule has 3 heteroatoms. The van der Waals surface area contributed by atoms with E-state index in [0.717, 1.165) is 41.9 Å². The molecule has 0 bridgehead atoms. The number of ether oxygens (including phenoxy) is 1. The summed E-state index contributed by atoms with van der Waals surface area (Å²) in [7, 11) is 0. The molecule has 102 valence electrons. The minimum atomic E-state index is -0.902. The number of benzene rings is 2. The van der Waals surface area contributed by atoms with Gasteiger partial charge in [-0.3, -0.25) is 0 Å². The number of carbonyl (C=O) groups is 1. The van der Waals surface area contributed by atoms with E-state index in [4.69, 9.17) is 4.74 Å². The summed E-state index contributed by atoms with van der Waals surface area (Å²) < 4.78 is 5.80. The van der Waals surface area contributed by atoms with Gasteiger partial charge in [-0.15, -0.1) is 0 Å². The third kappa shape index (κ3) is 2.27. The lowest BCUT2D eigenvalue weighted by atomic mass is 9.95. The molecule has 1 aliphatic heterocycles. The quantitative estimate of drug-likeness (QED) is 0.903. The maximum absolute atomic E-state index is 11.2. The van der Waals surface area contributed by atoms with Crippen molar-refractivity contribution in [3.8, 4) is 16.9 Å². The van der Waals surface area contributed by atoms with Crippen molar-refractivity contribution in [3.63, 3.8) is 0 Å². The number of carboxylic acids is 1. The van der Waals surface area contributed by atoms with Gasteiger partial charge >= 0.3 is 5.97 Å². The molecule has 20 heavy (non-hydrogen) atoms. The highest BCUT2D eigenvalue weighted by Gasteiger charge is 2.16. The Morgan fingerprint density at radius 3 is 2.90 bits per heavy atom. The van der Waals surface area contributed by atoms with Gasteiger partial charge in [0.2, 0.25) is 0 Å². The fourth-order valence-electron chi connectivity index (χ4n) is 2.68. The number of para-hydroxylation sites is 1. The smallest absolute Gasteiger partial charge is 0.335 e. The van der Waals surface area contributed by atoms with Crippen LogP contribution in [0.2, 0.25) is 0 Å². The molecule has 2 aromatic carbocycles. The first kappa shape index (κ1) is 12.7. The Labute approximate surface area is 117 Å². The first-order valence-electron chi connectivity index (χ1n) is 6.75. The van der Waals surface area contributed by atoms with Gasteiger partial charge in [-0.2, -0.15) is 0 Å². The van der Waals surface area contributed by atoms with Gasteiger partial charge in [-0.05, 0) is 48.6 Å². The van der Waals surface area contributed by atoms with E-state index in [1.54, 1.807) is 12.1 Å². The van der Waals surface area contributed by atoms with Crippen molar-refractivity contribution in [1.82, 2.24) is 0 Å². The lowest BCUT2D eigenvalue weighted by Gasteiger charge is -2.20. The molecule has 0 fully saturated rings.